The van der Waals surface area contributed by atoms with Crippen LogP contribution in [0.2, 0.25) is 0 Å². The molecule has 4 aliphatic carbocycles. The van der Waals surface area contributed by atoms with Crippen LogP contribution in [-0.2, 0) is 9.53 Å². The van der Waals surface area contributed by atoms with Crippen LogP contribution in [-0.4, -0.2) is 13.1 Å². The van der Waals surface area contributed by atoms with Crippen molar-refractivity contribution in [3.8, 4) is 0 Å². The Labute approximate surface area is 141 Å². The molecule has 130 valence electrons. The van der Waals surface area contributed by atoms with Crippen molar-refractivity contribution < 1.29 is 9.53 Å². The molecule has 2 unspecified atom stereocenters. The van der Waals surface area contributed by atoms with Crippen LogP contribution >= 0.6 is 0 Å². The largest absolute Gasteiger partial charge is 0.469 e. The van der Waals surface area contributed by atoms with Crippen LogP contribution in [0.5, 0.6) is 0 Å². The van der Waals surface area contributed by atoms with Gasteiger partial charge < -0.3 is 4.74 Å². The molecule has 0 heterocycles. The molecule has 0 amide bonds. The first kappa shape index (κ1) is 16.0. The molecule has 0 radical (unpaired) electrons. The lowest BCUT2D eigenvalue weighted by Crippen LogP contribution is -2.53. The minimum Gasteiger partial charge on any atom is -0.469 e. The van der Waals surface area contributed by atoms with E-state index < -0.39 is 0 Å². The van der Waals surface area contributed by atoms with Crippen LogP contribution in [0.1, 0.15) is 78.1 Å². The van der Waals surface area contributed by atoms with Crippen molar-refractivity contribution in [1.82, 2.24) is 0 Å². The average Bonchev–Trinajstić information content (AvgIpc) is 2.91. The van der Waals surface area contributed by atoms with Gasteiger partial charge in [-0.25, -0.2) is 0 Å². The highest BCUT2D eigenvalue weighted by molar-refractivity contribution is 5.73. The molecule has 0 saturated heterocycles. The second-order valence-electron chi connectivity index (χ2n) is 9.60. The van der Waals surface area contributed by atoms with Gasteiger partial charge in [-0.15, -0.1) is 0 Å². The number of carbonyl (C=O) groups is 1. The summed E-state index contributed by atoms with van der Waals surface area (Å²) in [7, 11) is 1.57. The Morgan fingerprint density at radius 2 is 1.65 bits per heavy atom. The highest BCUT2D eigenvalue weighted by atomic mass is 16.5. The maximum Gasteiger partial charge on any atom is 0.309 e. The van der Waals surface area contributed by atoms with Gasteiger partial charge in [0, 0.05) is 0 Å². The maximum atomic E-state index is 12.3. The van der Waals surface area contributed by atoms with E-state index in [0.717, 1.165) is 30.1 Å². The average molecular weight is 319 g/mol. The Bertz CT molecular complexity index is 486. The molecule has 0 aliphatic heterocycles. The number of carbonyl (C=O) groups excluding carboxylic acids is 1. The van der Waals surface area contributed by atoms with E-state index in [0.29, 0.717) is 5.41 Å². The normalized spacial score (nSPS) is 52.2. The van der Waals surface area contributed by atoms with Gasteiger partial charge in [-0.3, -0.25) is 4.79 Å². The number of hydrogen-bond acceptors (Lipinski definition) is 2. The van der Waals surface area contributed by atoms with E-state index in [2.05, 4.69) is 13.8 Å². The Morgan fingerprint density at radius 3 is 2.43 bits per heavy atom. The van der Waals surface area contributed by atoms with Crippen LogP contribution in [0.15, 0.2) is 0 Å². The molecule has 0 spiro atoms. The summed E-state index contributed by atoms with van der Waals surface area (Å²) in [6.07, 6.45) is 13.7. The predicted octanol–water partition coefficient (Wildman–Crippen LogP) is 5.21. The first-order chi connectivity index (χ1) is 11.0. The fourth-order valence-electron chi connectivity index (χ4n) is 7.82. The SMILES string of the molecule is COC(=O)C1CC[C@H]2[C@@H]3CCC4CCCC[C@]4(C)[C@@H]3CC[C@]12C. The van der Waals surface area contributed by atoms with Gasteiger partial charge in [0.15, 0.2) is 0 Å². The fourth-order valence-corrected chi connectivity index (χ4v) is 7.82. The summed E-state index contributed by atoms with van der Waals surface area (Å²) in [6, 6.07) is 0. The van der Waals surface area contributed by atoms with Crippen molar-refractivity contribution in [1.29, 1.82) is 0 Å². The Balaban J connectivity index is 1.61. The van der Waals surface area contributed by atoms with E-state index in [4.69, 9.17) is 4.74 Å². The fraction of sp³-hybridized carbons (Fsp3) is 0.952. The van der Waals surface area contributed by atoms with Crippen LogP contribution in [0.4, 0.5) is 0 Å². The van der Waals surface area contributed by atoms with Crippen molar-refractivity contribution >= 4 is 5.97 Å². The zero-order chi connectivity index (χ0) is 16.2. The van der Waals surface area contributed by atoms with E-state index in [9.17, 15) is 4.79 Å². The van der Waals surface area contributed by atoms with Gasteiger partial charge in [0.05, 0.1) is 13.0 Å². The molecule has 2 heteroatoms. The topological polar surface area (TPSA) is 26.3 Å². The minimum absolute atomic E-state index is 0.0611. The summed E-state index contributed by atoms with van der Waals surface area (Å²) in [5.41, 5.74) is 0.817. The third-order valence-corrected chi connectivity index (χ3v) is 9.07. The molecule has 2 nitrogen and oxygen atoms in total. The molecule has 7 atom stereocenters. The van der Waals surface area contributed by atoms with Crippen molar-refractivity contribution in [3.05, 3.63) is 0 Å². The van der Waals surface area contributed by atoms with Crippen LogP contribution < -0.4 is 0 Å². The van der Waals surface area contributed by atoms with Gasteiger partial charge in [-0.2, -0.15) is 0 Å². The van der Waals surface area contributed by atoms with Crippen molar-refractivity contribution in [2.45, 2.75) is 78.1 Å². The minimum atomic E-state index is 0.0611. The molecule has 0 aromatic heterocycles. The van der Waals surface area contributed by atoms with Crippen molar-refractivity contribution in [3.63, 3.8) is 0 Å². The van der Waals surface area contributed by atoms with E-state index in [-0.39, 0.29) is 17.3 Å². The Kier molecular flexibility index (Phi) is 3.81. The van der Waals surface area contributed by atoms with E-state index in [1.54, 1.807) is 7.11 Å². The number of hydrogen-bond donors (Lipinski definition) is 0. The summed E-state index contributed by atoms with van der Waals surface area (Å²) in [5, 5.41) is 0. The van der Waals surface area contributed by atoms with Crippen molar-refractivity contribution in [2.24, 2.45) is 40.4 Å². The molecule has 0 bridgehead atoms. The highest BCUT2D eigenvalue weighted by Crippen LogP contribution is 2.67. The molecule has 23 heavy (non-hydrogen) atoms. The van der Waals surface area contributed by atoms with E-state index >= 15 is 0 Å². The second-order valence-corrected chi connectivity index (χ2v) is 9.60. The molecule has 0 N–H and O–H groups in total. The lowest BCUT2D eigenvalue weighted by atomic mass is 9.45. The van der Waals surface area contributed by atoms with Gasteiger partial charge in [-0.05, 0) is 85.9 Å². The smallest absolute Gasteiger partial charge is 0.309 e. The lowest BCUT2D eigenvalue weighted by molar-refractivity contribution is -0.155. The zero-order valence-electron chi connectivity index (χ0n) is 15.3. The quantitative estimate of drug-likeness (QED) is 0.620. The van der Waals surface area contributed by atoms with Crippen molar-refractivity contribution in [2.75, 3.05) is 7.11 Å². The first-order valence-corrected chi connectivity index (χ1v) is 10.1. The number of methoxy groups -OCH3 is 1. The van der Waals surface area contributed by atoms with Crippen LogP contribution in [0, 0.1) is 40.4 Å². The number of esters is 1. The first-order valence-electron chi connectivity index (χ1n) is 10.1. The maximum absolute atomic E-state index is 12.3. The van der Waals surface area contributed by atoms with Crippen LogP contribution in [0.3, 0.4) is 0 Å². The third kappa shape index (κ3) is 2.15. The number of fused-ring (bicyclic) bond motifs is 5. The predicted molar refractivity (Wildman–Crippen MR) is 91.9 cm³/mol. The van der Waals surface area contributed by atoms with E-state index in [1.165, 1.54) is 57.8 Å². The van der Waals surface area contributed by atoms with Gasteiger partial charge in [0.25, 0.3) is 0 Å². The molecule has 4 fully saturated rings. The van der Waals surface area contributed by atoms with Gasteiger partial charge in [0.2, 0.25) is 0 Å². The van der Waals surface area contributed by atoms with Gasteiger partial charge in [-0.1, -0.05) is 26.7 Å². The molecule has 4 aliphatic rings. The molecular weight excluding hydrogens is 284 g/mol. The summed E-state index contributed by atoms with van der Waals surface area (Å²) in [6.45, 7) is 5.04. The lowest BCUT2D eigenvalue weighted by Gasteiger charge is -2.60. The monoisotopic (exact) mass is 318 g/mol. The molecule has 4 rings (SSSR count). The molecule has 0 aromatic rings. The number of ether oxygens (including phenoxy) is 1. The van der Waals surface area contributed by atoms with Gasteiger partial charge >= 0.3 is 5.97 Å². The standard InChI is InChI=1S/C21H34O2/c1-20-12-5-4-6-14(20)7-8-15-16-9-10-18(19(22)23-3)21(16,2)13-11-17(15)20/h14-18H,4-13H2,1-3H3/t14?,15-,16-,17+,18?,20-,21-/m0/s1. The third-order valence-electron chi connectivity index (χ3n) is 9.07. The van der Waals surface area contributed by atoms with Gasteiger partial charge in [0.1, 0.15) is 0 Å². The Hall–Kier alpha value is -0.530. The number of rotatable bonds is 1. The summed E-state index contributed by atoms with van der Waals surface area (Å²) >= 11 is 0. The Morgan fingerprint density at radius 1 is 0.870 bits per heavy atom. The molecular formula is C21H34O2. The summed E-state index contributed by atoms with van der Waals surface area (Å²) in [5.74, 6) is 3.78. The van der Waals surface area contributed by atoms with E-state index in [1.807, 2.05) is 0 Å². The summed E-state index contributed by atoms with van der Waals surface area (Å²) in [4.78, 5) is 12.3. The highest BCUT2D eigenvalue weighted by Gasteiger charge is 2.61. The second kappa shape index (κ2) is 5.49. The zero-order valence-corrected chi connectivity index (χ0v) is 15.3. The van der Waals surface area contributed by atoms with Crippen LogP contribution in [0.25, 0.3) is 0 Å². The molecule has 4 saturated carbocycles. The summed E-state index contributed by atoms with van der Waals surface area (Å²) < 4.78 is 5.15. The molecule has 0 aromatic carbocycles.